The summed E-state index contributed by atoms with van der Waals surface area (Å²) in [6.45, 7) is 5.20. The van der Waals surface area contributed by atoms with Crippen LogP contribution < -0.4 is 5.32 Å². The van der Waals surface area contributed by atoms with Crippen LogP contribution in [-0.2, 0) is 0 Å². The summed E-state index contributed by atoms with van der Waals surface area (Å²) in [5.41, 5.74) is 5.08. The number of benzene rings is 2. The molecule has 1 nitrogen and oxygen atoms in total. The van der Waals surface area contributed by atoms with Gasteiger partial charge in [0.2, 0.25) is 0 Å². The van der Waals surface area contributed by atoms with Crippen LogP contribution in [0.3, 0.4) is 0 Å². The zero-order chi connectivity index (χ0) is 14.5. The van der Waals surface area contributed by atoms with Crippen LogP contribution in [0.5, 0.6) is 0 Å². The first kappa shape index (κ1) is 14.7. The smallest absolute Gasteiger partial charge is 0.123 e. The SMILES string of the molecule is CNCCC(c1ccc(F)cc1)c1ccc(C)c(C)c1. The predicted molar refractivity (Wildman–Crippen MR) is 82.7 cm³/mol. The van der Waals surface area contributed by atoms with E-state index in [1.54, 1.807) is 12.1 Å². The molecule has 0 saturated heterocycles. The van der Waals surface area contributed by atoms with E-state index >= 15 is 0 Å². The molecule has 0 bridgehead atoms. The summed E-state index contributed by atoms with van der Waals surface area (Å²) in [7, 11) is 1.96. The Labute approximate surface area is 120 Å². The maximum atomic E-state index is 13.1. The summed E-state index contributed by atoms with van der Waals surface area (Å²) in [6.07, 6.45) is 1.00. The molecule has 0 aliphatic rings. The van der Waals surface area contributed by atoms with Gasteiger partial charge in [-0.2, -0.15) is 0 Å². The molecule has 106 valence electrons. The van der Waals surface area contributed by atoms with Gasteiger partial charge in [0.25, 0.3) is 0 Å². The molecule has 2 aromatic rings. The van der Waals surface area contributed by atoms with Crippen LogP contribution in [0.2, 0.25) is 0 Å². The second-order valence-electron chi connectivity index (χ2n) is 5.34. The van der Waals surface area contributed by atoms with Gasteiger partial charge in [-0.3, -0.25) is 0 Å². The third kappa shape index (κ3) is 3.45. The molecular formula is C18H22FN. The largest absolute Gasteiger partial charge is 0.320 e. The van der Waals surface area contributed by atoms with Crippen molar-refractivity contribution in [1.82, 2.24) is 5.32 Å². The van der Waals surface area contributed by atoms with Gasteiger partial charge in [0.1, 0.15) is 5.82 Å². The molecule has 0 aliphatic heterocycles. The third-order valence-corrected chi connectivity index (χ3v) is 3.89. The minimum Gasteiger partial charge on any atom is -0.320 e. The van der Waals surface area contributed by atoms with Gasteiger partial charge in [0.05, 0.1) is 0 Å². The maximum Gasteiger partial charge on any atom is 0.123 e. The molecular weight excluding hydrogens is 249 g/mol. The molecule has 1 N–H and O–H groups in total. The summed E-state index contributed by atoms with van der Waals surface area (Å²) in [4.78, 5) is 0. The van der Waals surface area contributed by atoms with Gasteiger partial charge in [-0.25, -0.2) is 4.39 Å². The van der Waals surface area contributed by atoms with E-state index in [2.05, 4.69) is 37.4 Å². The molecule has 2 aromatic carbocycles. The van der Waals surface area contributed by atoms with Crippen molar-refractivity contribution >= 4 is 0 Å². The van der Waals surface area contributed by atoms with E-state index in [9.17, 15) is 4.39 Å². The maximum absolute atomic E-state index is 13.1. The molecule has 0 aromatic heterocycles. The molecule has 0 heterocycles. The lowest BCUT2D eigenvalue weighted by Crippen LogP contribution is -2.13. The molecule has 2 rings (SSSR count). The fraction of sp³-hybridized carbons (Fsp3) is 0.333. The number of rotatable bonds is 5. The normalized spacial score (nSPS) is 12.4. The summed E-state index contributed by atoms with van der Waals surface area (Å²) in [6, 6.07) is 13.5. The lowest BCUT2D eigenvalue weighted by molar-refractivity contribution is 0.622. The third-order valence-electron chi connectivity index (χ3n) is 3.89. The minimum atomic E-state index is -0.179. The van der Waals surface area contributed by atoms with Crippen molar-refractivity contribution in [2.75, 3.05) is 13.6 Å². The molecule has 0 saturated carbocycles. The van der Waals surface area contributed by atoms with Gasteiger partial charge >= 0.3 is 0 Å². The van der Waals surface area contributed by atoms with Gasteiger partial charge in [0.15, 0.2) is 0 Å². The molecule has 0 spiro atoms. The Bertz CT molecular complexity index is 560. The van der Waals surface area contributed by atoms with Crippen molar-refractivity contribution in [3.8, 4) is 0 Å². The first-order valence-corrected chi connectivity index (χ1v) is 7.09. The molecule has 0 aliphatic carbocycles. The standard InChI is InChI=1S/C18H22FN/c1-13-4-5-16(12-14(13)2)18(10-11-20-3)15-6-8-17(19)9-7-15/h4-9,12,18,20H,10-11H2,1-3H3. The van der Waals surface area contributed by atoms with Crippen molar-refractivity contribution in [3.63, 3.8) is 0 Å². The molecule has 0 amide bonds. The van der Waals surface area contributed by atoms with Crippen LogP contribution >= 0.6 is 0 Å². The zero-order valence-electron chi connectivity index (χ0n) is 12.4. The van der Waals surface area contributed by atoms with E-state index in [1.807, 2.05) is 19.2 Å². The van der Waals surface area contributed by atoms with Crippen LogP contribution in [0.15, 0.2) is 42.5 Å². The van der Waals surface area contributed by atoms with Crippen molar-refractivity contribution < 1.29 is 4.39 Å². The Morgan fingerprint density at radius 3 is 2.20 bits per heavy atom. The second kappa shape index (κ2) is 6.67. The fourth-order valence-corrected chi connectivity index (χ4v) is 2.49. The van der Waals surface area contributed by atoms with Crippen LogP contribution in [-0.4, -0.2) is 13.6 Å². The first-order chi connectivity index (χ1) is 9.61. The van der Waals surface area contributed by atoms with Gasteiger partial charge in [-0.1, -0.05) is 30.3 Å². The Morgan fingerprint density at radius 1 is 0.950 bits per heavy atom. The lowest BCUT2D eigenvalue weighted by atomic mass is 9.87. The summed E-state index contributed by atoms with van der Waals surface area (Å²) in [5.74, 6) is 0.128. The van der Waals surface area contributed by atoms with Crippen molar-refractivity contribution in [1.29, 1.82) is 0 Å². The Morgan fingerprint density at radius 2 is 1.60 bits per heavy atom. The second-order valence-corrected chi connectivity index (χ2v) is 5.34. The van der Waals surface area contributed by atoms with Crippen LogP contribution in [0.4, 0.5) is 4.39 Å². The average molecular weight is 271 g/mol. The molecule has 0 radical (unpaired) electrons. The number of nitrogens with one attached hydrogen (secondary N) is 1. The minimum absolute atomic E-state index is 0.179. The molecule has 1 unspecified atom stereocenters. The first-order valence-electron chi connectivity index (χ1n) is 7.09. The van der Waals surface area contributed by atoms with Gasteiger partial charge in [-0.15, -0.1) is 0 Å². The Hall–Kier alpha value is -1.67. The lowest BCUT2D eigenvalue weighted by Gasteiger charge is -2.19. The monoisotopic (exact) mass is 271 g/mol. The summed E-state index contributed by atoms with van der Waals surface area (Å²) < 4.78 is 13.1. The highest BCUT2D eigenvalue weighted by Crippen LogP contribution is 2.29. The molecule has 20 heavy (non-hydrogen) atoms. The van der Waals surface area contributed by atoms with Crippen LogP contribution in [0.1, 0.15) is 34.6 Å². The fourth-order valence-electron chi connectivity index (χ4n) is 2.49. The Balaban J connectivity index is 2.35. The van der Waals surface area contributed by atoms with E-state index in [-0.39, 0.29) is 5.82 Å². The predicted octanol–water partition coefficient (Wildman–Crippen LogP) is 4.18. The van der Waals surface area contributed by atoms with E-state index in [0.717, 1.165) is 13.0 Å². The van der Waals surface area contributed by atoms with E-state index < -0.39 is 0 Å². The van der Waals surface area contributed by atoms with Crippen molar-refractivity contribution in [2.45, 2.75) is 26.2 Å². The zero-order valence-corrected chi connectivity index (χ0v) is 12.4. The molecule has 2 heteroatoms. The van der Waals surface area contributed by atoms with Crippen molar-refractivity contribution in [3.05, 3.63) is 70.5 Å². The highest BCUT2D eigenvalue weighted by molar-refractivity contribution is 5.37. The Kier molecular flexibility index (Phi) is 4.91. The van der Waals surface area contributed by atoms with E-state index in [0.29, 0.717) is 5.92 Å². The molecule has 0 fully saturated rings. The van der Waals surface area contributed by atoms with Gasteiger partial charge in [0, 0.05) is 5.92 Å². The average Bonchev–Trinajstić information content (AvgIpc) is 2.45. The van der Waals surface area contributed by atoms with Crippen LogP contribution in [0.25, 0.3) is 0 Å². The number of hydrogen-bond acceptors (Lipinski definition) is 1. The topological polar surface area (TPSA) is 12.0 Å². The van der Waals surface area contributed by atoms with Crippen LogP contribution in [0, 0.1) is 19.7 Å². The van der Waals surface area contributed by atoms with E-state index in [1.165, 1.54) is 22.3 Å². The van der Waals surface area contributed by atoms with Gasteiger partial charge < -0.3 is 5.32 Å². The highest BCUT2D eigenvalue weighted by Gasteiger charge is 2.14. The summed E-state index contributed by atoms with van der Waals surface area (Å²) in [5, 5.41) is 3.20. The van der Waals surface area contributed by atoms with E-state index in [4.69, 9.17) is 0 Å². The highest BCUT2D eigenvalue weighted by atomic mass is 19.1. The summed E-state index contributed by atoms with van der Waals surface area (Å²) >= 11 is 0. The number of hydrogen-bond donors (Lipinski definition) is 1. The number of aryl methyl sites for hydroxylation is 2. The quantitative estimate of drug-likeness (QED) is 0.860. The van der Waals surface area contributed by atoms with Crippen molar-refractivity contribution in [2.24, 2.45) is 0 Å². The van der Waals surface area contributed by atoms with Gasteiger partial charge in [-0.05, 0) is 68.2 Å². The number of halogens is 1. The molecule has 1 atom stereocenters.